The van der Waals surface area contributed by atoms with E-state index in [-0.39, 0.29) is 11.9 Å². The SMILES string of the molecule is CN(C)c1cccc([C@@H]2CCCN2C(=O)[C@H](N)c2ccccc2)c1. The average Bonchev–Trinajstić information content (AvgIpc) is 3.11. The number of carbonyl (C=O) groups excluding carboxylic acids is 1. The summed E-state index contributed by atoms with van der Waals surface area (Å²) in [5, 5.41) is 0. The lowest BCUT2D eigenvalue weighted by molar-refractivity contribution is -0.133. The van der Waals surface area contributed by atoms with Gasteiger partial charge in [0, 0.05) is 26.3 Å². The number of likely N-dealkylation sites (tertiary alicyclic amines) is 1. The first kappa shape index (κ1) is 16.5. The van der Waals surface area contributed by atoms with Crippen molar-refractivity contribution in [3.8, 4) is 0 Å². The Hall–Kier alpha value is -2.33. The Bertz CT molecular complexity index is 699. The van der Waals surface area contributed by atoms with Crippen LogP contribution in [0, 0.1) is 0 Å². The molecule has 0 aromatic heterocycles. The number of carbonyl (C=O) groups is 1. The Balaban J connectivity index is 1.83. The van der Waals surface area contributed by atoms with Crippen molar-refractivity contribution in [2.24, 2.45) is 5.73 Å². The van der Waals surface area contributed by atoms with Gasteiger partial charge in [0.2, 0.25) is 5.91 Å². The number of nitrogens with zero attached hydrogens (tertiary/aromatic N) is 2. The highest BCUT2D eigenvalue weighted by atomic mass is 16.2. The van der Waals surface area contributed by atoms with Gasteiger partial charge < -0.3 is 15.5 Å². The molecule has 2 aromatic rings. The summed E-state index contributed by atoms with van der Waals surface area (Å²) in [7, 11) is 4.06. The van der Waals surface area contributed by atoms with Crippen molar-refractivity contribution >= 4 is 11.6 Å². The number of hydrogen-bond donors (Lipinski definition) is 1. The van der Waals surface area contributed by atoms with Crippen LogP contribution in [0.4, 0.5) is 5.69 Å². The van der Waals surface area contributed by atoms with Gasteiger partial charge in [-0.25, -0.2) is 0 Å². The van der Waals surface area contributed by atoms with Crippen LogP contribution in [0.5, 0.6) is 0 Å². The minimum atomic E-state index is -0.594. The van der Waals surface area contributed by atoms with Crippen LogP contribution >= 0.6 is 0 Å². The monoisotopic (exact) mass is 323 g/mol. The van der Waals surface area contributed by atoms with E-state index in [1.165, 1.54) is 5.56 Å². The molecule has 1 aliphatic heterocycles. The topological polar surface area (TPSA) is 49.6 Å². The van der Waals surface area contributed by atoms with E-state index in [2.05, 4.69) is 29.2 Å². The molecular formula is C20H25N3O. The zero-order valence-corrected chi connectivity index (χ0v) is 14.4. The van der Waals surface area contributed by atoms with Crippen molar-refractivity contribution in [3.05, 3.63) is 65.7 Å². The first-order valence-electron chi connectivity index (χ1n) is 8.46. The number of amides is 1. The maximum Gasteiger partial charge on any atom is 0.244 e. The molecule has 24 heavy (non-hydrogen) atoms. The summed E-state index contributed by atoms with van der Waals surface area (Å²) in [6, 6.07) is 17.6. The van der Waals surface area contributed by atoms with Gasteiger partial charge in [0.05, 0.1) is 6.04 Å². The maximum atomic E-state index is 12.9. The third-order valence-corrected chi connectivity index (χ3v) is 4.73. The van der Waals surface area contributed by atoms with Gasteiger partial charge in [-0.15, -0.1) is 0 Å². The number of anilines is 1. The molecule has 2 atom stereocenters. The summed E-state index contributed by atoms with van der Waals surface area (Å²) in [6.07, 6.45) is 2.01. The van der Waals surface area contributed by atoms with Gasteiger partial charge >= 0.3 is 0 Å². The van der Waals surface area contributed by atoms with Crippen LogP contribution in [0.15, 0.2) is 54.6 Å². The van der Waals surface area contributed by atoms with Gasteiger partial charge in [0.15, 0.2) is 0 Å². The summed E-state index contributed by atoms with van der Waals surface area (Å²) in [5.74, 6) is 0.0129. The van der Waals surface area contributed by atoms with Crippen LogP contribution in [-0.2, 0) is 4.79 Å². The lowest BCUT2D eigenvalue weighted by atomic mass is 10.0. The number of benzene rings is 2. The number of rotatable bonds is 4. The molecule has 0 radical (unpaired) electrons. The summed E-state index contributed by atoms with van der Waals surface area (Å²) in [6.45, 7) is 0.774. The average molecular weight is 323 g/mol. The van der Waals surface area contributed by atoms with E-state index < -0.39 is 6.04 Å². The fourth-order valence-corrected chi connectivity index (χ4v) is 3.37. The third-order valence-electron chi connectivity index (χ3n) is 4.73. The van der Waals surface area contributed by atoms with Crippen LogP contribution in [0.1, 0.15) is 36.1 Å². The Morgan fingerprint density at radius 1 is 1.17 bits per heavy atom. The Morgan fingerprint density at radius 2 is 1.92 bits per heavy atom. The molecule has 1 amide bonds. The molecule has 0 saturated carbocycles. The highest BCUT2D eigenvalue weighted by Gasteiger charge is 2.33. The predicted molar refractivity (Wildman–Crippen MR) is 97.8 cm³/mol. The van der Waals surface area contributed by atoms with Crippen molar-refractivity contribution in [2.45, 2.75) is 24.9 Å². The molecule has 2 aromatic carbocycles. The maximum absolute atomic E-state index is 12.9. The minimum absolute atomic E-state index is 0.0129. The van der Waals surface area contributed by atoms with Gasteiger partial charge in [0.1, 0.15) is 6.04 Å². The minimum Gasteiger partial charge on any atom is -0.378 e. The van der Waals surface area contributed by atoms with Gasteiger partial charge in [-0.05, 0) is 36.1 Å². The molecule has 0 spiro atoms. The summed E-state index contributed by atoms with van der Waals surface area (Å²) in [4.78, 5) is 17.0. The fraction of sp³-hybridized carbons (Fsp3) is 0.350. The summed E-state index contributed by atoms with van der Waals surface area (Å²) < 4.78 is 0. The van der Waals surface area contributed by atoms with Crippen LogP contribution in [0.2, 0.25) is 0 Å². The Morgan fingerprint density at radius 3 is 2.62 bits per heavy atom. The van der Waals surface area contributed by atoms with Gasteiger partial charge in [-0.1, -0.05) is 42.5 Å². The van der Waals surface area contributed by atoms with Crippen molar-refractivity contribution in [1.82, 2.24) is 4.90 Å². The number of hydrogen-bond acceptors (Lipinski definition) is 3. The van der Waals surface area contributed by atoms with Crippen molar-refractivity contribution < 1.29 is 4.79 Å². The molecule has 1 fully saturated rings. The molecule has 3 rings (SSSR count). The fourth-order valence-electron chi connectivity index (χ4n) is 3.37. The van der Waals surface area contributed by atoms with E-state index in [0.717, 1.165) is 30.6 Å². The summed E-state index contributed by atoms with van der Waals surface area (Å²) >= 11 is 0. The van der Waals surface area contributed by atoms with E-state index in [1.54, 1.807) is 0 Å². The smallest absolute Gasteiger partial charge is 0.244 e. The molecule has 0 aliphatic carbocycles. The number of nitrogens with two attached hydrogens (primary N) is 1. The molecule has 4 nitrogen and oxygen atoms in total. The highest BCUT2D eigenvalue weighted by Crippen LogP contribution is 2.35. The van der Waals surface area contributed by atoms with Gasteiger partial charge in [0.25, 0.3) is 0 Å². The largest absolute Gasteiger partial charge is 0.378 e. The van der Waals surface area contributed by atoms with Gasteiger partial charge in [-0.3, -0.25) is 4.79 Å². The first-order chi connectivity index (χ1) is 11.6. The van der Waals surface area contributed by atoms with E-state index in [4.69, 9.17) is 5.73 Å². The Labute approximate surface area is 143 Å². The van der Waals surface area contributed by atoms with Gasteiger partial charge in [-0.2, -0.15) is 0 Å². The normalized spacial score (nSPS) is 18.5. The molecule has 0 unspecified atom stereocenters. The van der Waals surface area contributed by atoms with E-state index in [9.17, 15) is 4.79 Å². The quantitative estimate of drug-likeness (QED) is 0.940. The van der Waals surface area contributed by atoms with E-state index >= 15 is 0 Å². The van der Waals surface area contributed by atoms with Crippen molar-refractivity contribution in [3.63, 3.8) is 0 Å². The van der Waals surface area contributed by atoms with E-state index in [0.29, 0.717) is 0 Å². The molecule has 1 aliphatic rings. The van der Waals surface area contributed by atoms with Crippen LogP contribution in [-0.4, -0.2) is 31.4 Å². The van der Waals surface area contributed by atoms with Crippen LogP contribution in [0.25, 0.3) is 0 Å². The molecule has 4 heteroatoms. The second-order valence-corrected chi connectivity index (χ2v) is 6.57. The summed E-state index contributed by atoms with van der Waals surface area (Å²) in [5.41, 5.74) is 9.45. The van der Waals surface area contributed by atoms with Crippen molar-refractivity contribution in [2.75, 3.05) is 25.5 Å². The molecule has 0 bridgehead atoms. The zero-order chi connectivity index (χ0) is 17.1. The van der Waals surface area contributed by atoms with Crippen LogP contribution < -0.4 is 10.6 Å². The highest BCUT2D eigenvalue weighted by molar-refractivity contribution is 5.83. The Kier molecular flexibility index (Phi) is 4.86. The lowest BCUT2D eigenvalue weighted by Gasteiger charge is -2.28. The standard InChI is InChI=1S/C20H25N3O/c1-22(2)17-11-6-10-16(14-17)18-12-7-13-23(18)20(24)19(21)15-8-4-3-5-9-15/h3-6,8-11,14,18-19H,7,12-13,21H2,1-2H3/t18-,19+/m0/s1. The molecular weight excluding hydrogens is 298 g/mol. The lowest BCUT2D eigenvalue weighted by Crippen LogP contribution is -2.38. The molecule has 126 valence electrons. The second kappa shape index (κ2) is 7.05. The first-order valence-corrected chi connectivity index (χ1v) is 8.46. The molecule has 1 heterocycles. The second-order valence-electron chi connectivity index (χ2n) is 6.57. The molecule has 1 saturated heterocycles. The van der Waals surface area contributed by atoms with Crippen molar-refractivity contribution in [1.29, 1.82) is 0 Å². The zero-order valence-electron chi connectivity index (χ0n) is 14.4. The van der Waals surface area contributed by atoms with E-state index in [1.807, 2.05) is 49.3 Å². The van der Waals surface area contributed by atoms with Crippen LogP contribution in [0.3, 0.4) is 0 Å². The predicted octanol–water partition coefficient (Wildman–Crippen LogP) is 3.12. The third kappa shape index (κ3) is 3.29. The molecule has 2 N–H and O–H groups in total.